The van der Waals surface area contributed by atoms with Gasteiger partial charge in [0.2, 0.25) is 5.91 Å². The first-order chi connectivity index (χ1) is 11.7. The molecule has 4 heteroatoms. The molecule has 0 saturated carbocycles. The highest BCUT2D eigenvalue weighted by Crippen LogP contribution is 2.27. The summed E-state index contributed by atoms with van der Waals surface area (Å²) in [6.07, 6.45) is 2.20. The van der Waals surface area contributed by atoms with Gasteiger partial charge in [-0.05, 0) is 49.1 Å². The minimum Gasteiger partial charge on any atom is -0.497 e. The van der Waals surface area contributed by atoms with E-state index in [1.165, 1.54) is 16.8 Å². The number of rotatable bonds is 5. The first-order valence-corrected chi connectivity index (χ1v) is 8.40. The quantitative estimate of drug-likeness (QED) is 0.919. The van der Waals surface area contributed by atoms with E-state index in [2.05, 4.69) is 35.3 Å². The van der Waals surface area contributed by atoms with Crippen LogP contribution >= 0.6 is 0 Å². The van der Waals surface area contributed by atoms with Crippen LogP contribution in [0.5, 0.6) is 5.75 Å². The van der Waals surface area contributed by atoms with Crippen LogP contribution in [0.1, 0.15) is 23.1 Å². The zero-order valence-electron chi connectivity index (χ0n) is 14.3. The van der Waals surface area contributed by atoms with Crippen LogP contribution in [0.25, 0.3) is 0 Å². The van der Waals surface area contributed by atoms with Crippen LogP contribution in [0.15, 0.2) is 42.5 Å². The molecule has 0 radical (unpaired) electrons. The topological polar surface area (TPSA) is 41.6 Å². The van der Waals surface area contributed by atoms with E-state index in [4.69, 9.17) is 4.74 Å². The summed E-state index contributed by atoms with van der Waals surface area (Å²) in [4.78, 5) is 14.5. The number of aryl methyl sites for hydroxylation is 2. The maximum absolute atomic E-state index is 12.3. The van der Waals surface area contributed by atoms with Crippen LogP contribution in [0.2, 0.25) is 0 Å². The lowest BCUT2D eigenvalue weighted by atomic mass is 9.99. The summed E-state index contributed by atoms with van der Waals surface area (Å²) in [6.45, 7) is 4.00. The summed E-state index contributed by atoms with van der Waals surface area (Å²) in [5.41, 5.74) is 4.90. The van der Waals surface area contributed by atoms with Crippen molar-refractivity contribution in [1.29, 1.82) is 0 Å². The summed E-state index contributed by atoms with van der Waals surface area (Å²) in [7, 11) is 1.65. The lowest BCUT2D eigenvalue weighted by molar-refractivity contribution is -0.119. The monoisotopic (exact) mass is 324 g/mol. The van der Waals surface area contributed by atoms with E-state index in [9.17, 15) is 4.79 Å². The zero-order valence-corrected chi connectivity index (χ0v) is 14.3. The third kappa shape index (κ3) is 3.88. The van der Waals surface area contributed by atoms with Gasteiger partial charge >= 0.3 is 0 Å². The molecule has 4 nitrogen and oxygen atoms in total. The van der Waals surface area contributed by atoms with E-state index < -0.39 is 0 Å². The minimum atomic E-state index is 0.0549. The van der Waals surface area contributed by atoms with Crippen LogP contribution in [-0.4, -0.2) is 26.1 Å². The van der Waals surface area contributed by atoms with E-state index in [0.29, 0.717) is 13.1 Å². The van der Waals surface area contributed by atoms with E-state index in [0.717, 1.165) is 30.7 Å². The van der Waals surface area contributed by atoms with Crippen LogP contribution in [0, 0.1) is 6.92 Å². The van der Waals surface area contributed by atoms with Crippen LogP contribution < -0.4 is 15.0 Å². The van der Waals surface area contributed by atoms with Gasteiger partial charge in [0.1, 0.15) is 5.75 Å². The summed E-state index contributed by atoms with van der Waals surface area (Å²) < 4.78 is 5.14. The number of hydrogen-bond donors (Lipinski definition) is 1. The number of nitrogens with zero attached hydrogens (tertiary/aromatic N) is 1. The van der Waals surface area contributed by atoms with Gasteiger partial charge in [0, 0.05) is 18.8 Å². The second kappa shape index (κ2) is 7.39. The zero-order chi connectivity index (χ0) is 16.9. The van der Waals surface area contributed by atoms with E-state index in [-0.39, 0.29) is 5.91 Å². The highest BCUT2D eigenvalue weighted by Gasteiger charge is 2.18. The Balaban J connectivity index is 1.57. The van der Waals surface area contributed by atoms with Crippen molar-refractivity contribution in [3.05, 3.63) is 59.2 Å². The molecule has 0 atom stereocenters. The Morgan fingerprint density at radius 2 is 2.00 bits per heavy atom. The molecule has 0 bridgehead atoms. The van der Waals surface area contributed by atoms with Crippen molar-refractivity contribution in [3.8, 4) is 5.75 Å². The Morgan fingerprint density at radius 3 is 2.75 bits per heavy atom. The van der Waals surface area contributed by atoms with Crippen molar-refractivity contribution in [2.75, 3.05) is 25.1 Å². The molecule has 0 fully saturated rings. The molecular formula is C20H24N2O2. The van der Waals surface area contributed by atoms with Gasteiger partial charge in [0.15, 0.2) is 0 Å². The fourth-order valence-electron chi connectivity index (χ4n) is 3.14. The molecule has 0 aromatic heterocycles. The first kappa shape index (κ1) is 16.4. The molecule has 0 unspecified atom stereocenters. The van der Waals surface area contributed by atoms with E-state index in [1.54, 1.807) is 7.11 Å². The van der Waals surface area contributed by atoms with Crippen LogP contribution in [0.4, 0.5) is 5.69 Å². The van der Waals surface area contributed by atoms with Crippen molar-refractivity contribution < 1.29 is 9.53 Å². The molecule has 3 rings (SSSR count). The Bertz CT molecular complexity index is 710. The molecule has 1 aliphatic rings. The average Bonchev–Trinajstić information content (AvgIpc) is 2.60. The molecule has 126 valence electrons. The standard InChI is InChI=1S/C20H24N2O2/c1-15-5-10-19-17(12-15)4-3-11-22(19)14-20(23)21-13-16-6-8-18(24-2)9-7-16/h5-10,12H,3-4,11,13-14H2,1-2H3,(H,21,23). The summed E-state index contributed by atoms with van der Waals surface area (Å²) in [5.74, 6) is 0.879. The Kier molecular flexibility index (Phi) is 5.04. The maximum Gasteiger partial charge on any atom is 0.239 e. The van der Waals surface area contributed by atoms with Gasteiger partial charge in [-0.15, -0.1) is 0 Å². The number of fused-ring (bicyclic) bond motifs is 1. The number of nitrogens with one attached hydrogen (secondary N) is 1. The number of amides is 1. The lowest BCUT2D eigenvalue weighted by Gasteiger charge is -2.31. The van der Waals surface area contributed by atoms with Gasteiger partial charge in [-0.3, -0.25) is 4.79 Å². The second-order valence-electron chi connectivity index (χ2n) is 6.28. The second-order valence-corrected chi connectivity index (χ2v) is 6.28. The molecule has 0 spiro atoms. The highest BCUT2D eigenvalue weighted by atomic mass is 16.5. The van der Waals surface area contributed by atoms with Gasteiger partial charge < -0.3 is 15.0 Å². The predicted molar refractivity (Wildman–Crippen MR) is 96.6 cm³/mol. The van der Waals surface area contributed by atoms with Crippen molar-refractivity contribution in [2.45, 2.75) is 26.3 Å². The van der Waals surface area contributed by atoms with E-state index >= 15 is 0 Å². The first-order valence-electron chi connectivity index (χ1n) is 8.40. The molecule has 24 heavy (non-hydrogen) atoms. The summed E-state index contributed by atoms with van der Waals surface area (Å²) in [5, 5.41) is 3.00. The molecule has 1 amide bonds. The maximum atomic E-state index is 12.3. The van der Waals surface area contributed by atoms with Gasteiger partial charge in [-0.1, -0.05) is 29.8 Å². The SMILES string of the molecule is COc1ccc(CNC(=O)CN2CCCc3cc(C)ccc32)cc1. The minimum absolute atomic E-state index is 0.0549. The van der Waals surface area contributed by atoms with Crippen molar-refractivity contribution >= 4 is 11.6 Å². The van der Waals surface area contributed by atoms with Crippen molar-refractivity contribution in [3.63, 3.8) is 0 Å². The van der Waals surface area contributed by atoms with E-state index in [1.807, 2.05) is 24.3 Å². The number of anilines is 1. The Labute approximate surface area is 143 Å². The van der Waals surface area contributed by atoms with Crippen molar-refractivity contribution in [2.24, 2.45) is 0 Å². The number of carbonyl (C=O) groups is 1. The largest absolute Gasteiger partial charge is 0.497 e. The third-order valence-electron chi connectivity index (χ3n) is 4.43. The van der Waals surface area contributed by atoms with Crippen molar-refractivity contribution in [1.82, 2.24) is 5.32 Å². The number of hydrogen-bond acceptors (Lipinski definition) is 3. The van der Waals surface area contributed by atoms with Gasteiger partial charge in [0.25, 0.3) is 0 Å². The Hall–Kier alpha value is -2.49. The molecule has 2 aromatic carbocycles. The Morgan fingerprint density at radius 1 is 1.21 bits per heavy atom. The van der Waals surface area contributed by atoms with Gasteiger partial charge in [0.05, 0.1) is 13.7 Å². The number of benzene rings is 2. The predicted octanol–water partition coefficient (Wildman–Crippen LogP) is 3.07. The fraction of sp³-hybridized carbons (Fsp3) is 0.350. The molecule has 0 saturated heterocycles. The molecule has 1 N–H and O–H groups in total. The number of ether oxygens (including phenoxy) is 1. The average molecular weight is 324 g/mol. The molecule has 0 aliphatic carbocycles. The smallest absolute Gasteiger partial charge is 0.239 e. The summed E-state index contributed by atoms with van der Waals surface area (Å²) >= 11 is 0. The normalized spacial score (nSPS) is 13.3. The fourth-order valence-corrected chi connectivity index (χ4v) is 3.14. The number of carbonyl (C=O) groups excluding carboxylic acids is 1. The number of methoxy groups -OCH3 is 1. The third-order valence-corrected chi connectivity index (χ3v) is 4.43. The summed E-state index contributed by atoms with van der Waals surface area (Å²) in [6, 6.07) is 14.2. The molecule has 1 heterocycles. The van der Waals surface area contributed by atoms with Crippen LogP contribution in [0.3, 0.4) is 0 Å². The lowest BCUT2D eigenvalue weighted by Crippen LogP contribution is -2.39. The molecule has 2 aromatic rings. The highest BCUT2D eigenvalue weighted by molar-refractivity contribution is 5.82. The van der Waals surface area contributed by atoms with Gasteiger partial charge in [-0.25, -0.2) is 0 Å². The molecular weight excluding hydrogens is 300 g/mol. The van der Waals surface area contributed by atoms with Crippen LogP contribution in [-0.2, 0) is 17.8 Å². The van der Waals surface area contributed by atoms with Gasteiger partial charge in [-0.2, -0.15) is 0 Å². The molecule has 1 aliphatic heterocycles.